The fraction of sp³-hybridized carbons (Fsp3) is 0.308. The number of benzene rings is 1. The summed E-state index contributed by atoms with van der Waals surface area (Å²) in [5, 5.41) is 10.3. The number of hydrogen-bond acceptors (Lipinski definition) is 1. The van der Waals surface area contributed by atoms with E-state index in [2.05, 4.69) is 24.9 Å². The van der Waals surface area contributed by atoms with Crippen LogP contribution >= 0.6 is 0 Å². The Labute approximate surface area is 89.5 Å². The predicted octanol–water partition coefficient (Wildman–Crippen LogP) is 3.24. The number of hydrogen-bond donors (Lipinski definition) is 1. The molecule has 0 aliphatic carbocycles. The number of aromatic nitrogens is 1. The van der Waals surface area contributed by atoms with Gasteiger partial charge in [-0.3, -0.25) is 0 Å². The zero-order chi connectivity index (χ0) is 10.8. The topological polar surface area (TPSA) is 39.6 Å². The van der Waals surface area contributed by atoms with Crippen LogP contribution in [0.1, 0.15) is 25.0 Å². The summed E-state index contributed by atoms with van der Waals surface area (Å²) in [6.07, 6.45) is 2.88. The lowest BCUT2D eigenvalue weighted by atomic mass is 9.95. The molecule has 0 amide bonds. The van der Waals surface area contributed by atoms with Gasteiger partial charge in [-0.15, -0.1) is 0 Å². The Bertz CT molecular complexity index is 515. The van der Waals surface area contributed by atoms with Crippen LogP contribution in [-0.2, 0) is 6.42 Å². The van der Waals surface area contributed by atoms with Gasteiger partial charge in [0.1, 0.15) is 0 Å². The molecule has 0 aliphatic rings. The van der Waals surface area contributed by atoms with Crippen molar-refractivity contribution in [3.8, 4) is 6.07 Å². The zero-order valence-electron chi connectivity index (χ0n) is 9.04. The fourth-order valence-electron chi connectivity index (χ4n) is 1.93. The molecule has 15 heavy (non-hydrogen) atoms. The number of nitriles is 1. The summed E-state index contributed by atoms with van der Waals surface area (Å²) in [6.45, 7) is 4.35. The fourth-order valence-corrected chi connectivity index (χ4v) is 1.93. The van der Waals surface area contributed by atoms with Crippen molar-refractivity contribution in [3.63, 3.8) is 0 Å². The molecule has 76 valence electrons. The molecule has 0 saturated heterocycles. The first kappa shape index (κ1) is 9.79. The molecule has 2 nitrogen and oxygen atoms in total. The van der Waals surface area contributed by atoms with Crippen molar-refractivity contribution in [2.45, 2.75) is 20.3 Å². The van der Waals surface area contributed by atoms with E-state index in [0.29, 0.717) is 5.92 Å². The Morgan fingerprint density at radius 2 is 2.13 bits per heavy atom. The Balaban J connectivity index is 2.64. The molecule has 1 heterocycles. The number of fused-ring (bicyclic) bond motifs is 1. The average molecular weight is 198 g/mol. The van der Waals surface area contributed by atoms with Crippen molar-refractivity contribution in [2.75, 3.05) is 0 Å². The third-order valence-electron chi connectivity index (χ3n) is 2.58. The first-order valence-corrected chi connectivity index (χ1v) is 5.21. The normalized spacial score (nSPS) is 10.8. The van der Waals surface area contributed by atoms with E-state index < -0.39 is 0 Å². The minimum Gasteiger partial charge on any atom is -0.361 e. The van der Waals surface area contributed by atoms with Crippen LogP contribution in [-0.4, -0.2) is 4.98 Å². The minimum atomic E-state index is 0.567. The average Bonchev–Trinajstić information content (AvgIpc) is 2.65. The standard InChI is InChI=1S/C13H14N2/c1-9(2)7-12-10(8-14)3-4-13-11(12)5-6-15-13/h3-6,9,15H,7H2,1-2H3. The number of H-pyrrole nitrogens is 1. The Kier molecular flexibility index (Phi) is 2.47. The molecule has 2 aromatic rings. The lowest BCUT2D eigenvalue weighted by Gasteiger charge is -2.08. The van der Waals surface area contributed by atoms with Gasteiger partial charge in [0.15, 0.2) is 0 Å². The molecule has 1 N–H and O–H groups in total. The van der Waals surface area contributed by atoms with Crippen molar-refractivity contribution in [1.29, 1.82) is 5.26 Å². The smallest absolute Gasteiger partial charge is 0.0994 e. The van der Waals surface area contributed by atoms with E-state index in [0.717, 1.165) is 17.5 Å². The van der Waals surface area contributed by atoms with Gasteiger partial charge in [0.05, 0.1) is 11.6 Å². The molecule has 0 bridgehead atoms. The summed E-state index contributed by atoms with van der Waals surface area (Å²) in [6, 6.07) is 8.19. The highest BCUT2D eigenvalue weighted by atomic mass is 14.7. The number of nitrogens with zero attached hydrogens (tertiary/aromatic N) is 1. The van der Waals surface area contributed by atoms with Crippen LogP contribution in [0.4, 0.5) is 0 Å². The van der Waals surface area contributed by atoms with Crippen molar-refractivity contribution < 1.29 is 0 Å². The van der Waals surface area contributed by atoms with Crippen LogP contribution in [0.25, 0.3) is 10.9 Å². The maximum atomic E-state index is 9.07. The van der Waals surface area contributed by atoms with Crippen molar-refractivity contribution in [1.82, 2.24) is 4.98 Å². The predicted molar refractivity (Wildman–Crippen MR) is 61.6 cm³/mol. The first-order chi connectivity index (χ1) is 7.22. The van der Waals surface area contributed by atoms with Crippen LogP contribution in [0.5, 0.6) is 0 Å². The number of nitrogens with one attached hydrogen (secondary N) is 1. The third-order valence-corrected chi connectivity index (χ3v) is 2.58. The second kappa shape index (κ2) is 3.78. The molecule has 0 spiro atoms. The largest absolute Gasteiger partial charge is 0.361 e. The Morgan fingerprint density at radius 3 is 2.80 bits per heavy atom. The van der Waals surface area contributed by atoms with Crippen molar-refractivity contribution in [2.24, 2.45) is 5.92 Å². The summed E-state index contributed by atoms with van der Waals surface area (Å²) < 4.78 is 0. The lowest BCUT2D eigenvalue weighted by molar-refractivity contribution is 0.649. The van der Waals surface area contributed by atoms with Crippen LogP contribution in [0, 0.1) is 17.2 Å². The van der Waals surface area contributed by atoms with Crippen LogP contribution in [0.3, 0.4) is 0 Å². The third kappa shape index (κ3) is 1.73. The van der Waals surface area contributed by atoms with Crippen molar-refractivity contribution in [3.05, 3.63) is 35.5 Å². The molecule has 0 saturated carbocycles. The molecule has 0 atom stereocenters. The summed E-state index contributed by atoms with van der Waals surface area (Å²) in [7, 11) is 0. The molecule has 0 unspecified atom stereocenters. The van der Waals surface area contributed by atoms with Gasteiger partial charge in [-0.1, -0.05) is 13.8 Å². The molecule has 1 aromatic heterocycles. The van der Waals surface area contributed by atoms with E-state index >= 15 is 0 Å². The molecular weight excluding hydrogens is 184 g/mol. The highest BCUT2D eigenvalue weighted by Gasteiger charge is 2.09. The van der Waals surface area contributed by atoms with Gasteiger partial charge in [-0.25, -0.2) is 0 Å². The van der Waals surface area contributed by atoms with E-state index in [1.165, 1.54) is 10.9 Å². The Morgan fingerprint density at radius 1 is 1.33 bits per heavy atom. The van der Waals surface area contributed by atoms with Crippen LogP contribution in [0.2, 0.25) is 0 Å². The molecule has 2 rings (SSSR count). The lowest BCUT2D eigenvalue weighted by Crippen LogP contribution is -1.97. The summed E-state index contributed by atoms with van der Waals surface area (Å²) in [5.41, 5.74) is 3.09. The van der Waals surface area contributed by atoms with Gasteiger partial charge < -0.3 is 4.98 Å². The quantitative estimate of drug-likeness (QED) is 0.790. The summed E-state index contributed by atoms with van der Waals surface area (Å²) >= 11 is 0. The van der Waals surface area contributed by atoms with Crippen molar-refractivity contribution >= 4 is 10.9 Å². The maximum absolute atomic E-state index is 9.07. The molecule has 0 radical (unpaired) electrons. The summed E-state index contributed by atoms with van der Waals surface area (Å²) in [5.74, 6) is 0.567. The van der Waals surface area contributed by atoms with E-state index in [4.69, 9.17) is 5.26 Å². The first-order valence-electron chi connectivity index (χ1n) is 5.21. The second-order valence-corrected chi connectivity index (χ2v) is 4.24. The molecule has 2 heteroatoms. The van der Waals surface area contributed by atoms with Gasteiger partial charge >= 0.3 is 0 Å². The molecule has 0 fully saturated rings. The second-order valence-electron chi connectivity index (χ2n) is 4.24. The van der Waals surface area contributed by atoms with Crippen LogP contribution < -0.4 is 0 Å². The molecule has 1 aromatic carbocycles. The van der Waals surface area contributed by atoms with E-state index in [1.807, 2.05) is 24.4 Å². The highest BCUT2D eigenvalue weighted by molar-refractivity contribution is 5.85. The zero-order valence-corrected chi connectivity index (χ0v) is 9.04. The highest BCUT2D eigenvalue weighted by Crippen LogP contribution is 2.23. The van der Waals surface area contributed by atoms with Gasteiger partial charge in [-0.2, -0.15) is 5.26 Å². The Hall–Kier alpha value is -1.75. The number of rotatable bonds is 2. The van der Waals surface area contributed by atoms with Gasteiger partial charge in [0, 0.05) is 17.1 Å². The van der Waals surface area contributed by atoms with E-state index in [-0.39, 0.29) is 0 Å². The van der Waals surface area contributed by atoms with E-state index in [9.17, 15) is 0 Å². The minimum absolute atomic E-state index is 0.567. The van der Waals surface area contributed by atoms with E-state index in [1.54, 1.807) is 0 Å². The summed E-state index contributed by atoms with van der Waals surface area (Å²) in [4.78, 5) is 3.18. The van der Waals surface area contributed by atoms with Gasteiger partial charge in [0.2, 0.25) is 0 Å². The SMILES string of the molecule is CC(C)Cc1c(C#N)ccc2[nH]ccc12. The number of aromatic amines is 1. The van der Waals surface area contributed by atoms with Crippen LogP contribution in [0.15, 0.2) is 24.4 Å². The van der Waals surface area contributed by atoms with Gasteiger partial charge in [-0.05, 0) is 36.1 Å². The van der Waals surface area contributed by atoms with Gasteiger partial charge in [0.25, 0.3) is 0 Å². The monoisotopic (exact) mass is 198 g/mol. The molecular formula is C13H14N2. The molecule has 0 aliphatic heterocycles. The maximum Gasteiger partial charge on any atom is 0.0994 e.